The third-order valence-corrected chi connectivity index (χ3v) is 2.71. The number of hydrogen-bond donors (Lipinski definition) is 1. The maximum atomic E-state index is 11.3. The summed E-state index contributed by atoms with van der Waals surface area (Å²) in [5.74, 6) is 0.569. The van der Waals surface area contributed by atoms with Gasteiger partial charge in [-0.2, -0.15) is 11.8 Å². The SMILES string of the molecule is CSCC(=O)Nc1cccc(C)c1C. The second kappa shape index (κ2) is 5.05. The lowest BCUT2D eigenvalue weighted by molar-refractivity contribution is -0.113. The van der Waals surface area contributed by atoms with E-state index in [4.69, 9.17) is 0 Å². The topological polar surface area (TPSA) is 29.1 Å². The van der Waals surface area contributed by atoms with Gasteiger partial charge in [-0.15, -0.1) is 0 Å². The van der Waals surface area contributed by atoms with Crippen LogP contribution in [-0.2, 0) is 4.79 Å². The number of benzene rings is 1. The standard InChI is InChI=1S/C11H15NOS/c1-8-5-4-6-10(9(8)2)12-11(13)7-14-3/h4-6H,7H2,1-3H3,(H,12,13). The average molecular weight is 209 g/mol. The van der Waals surface area contributed by atoms with E-state index in [2.05, 4.69) is 5.32 Å². The van der Waals surface area contributed by atoms with Crippen molar-refractivity contribution in [3.63, 3.8) is 0 Å². The predicted molar refractivity (Wildman–Crippen MR) is 62.9 cm³/mol. The summed E-state index contributed by atoms with van der Waals surface area (Å²) in [4.78, 5) is 11.3. The molecule has 14 heavy (non-hydrogen) atoms. The number of rotatable bonds is 3. The minimum atomic E-state index is 0.0613. The van der Waals surface area contributed by atoms with Gasteiger partial charge in [0.15, 0.2) is 0 Å². The molecule has 0 saturated heterocycles. The van der Waals surface area contributed by atoms with Crippen molar-refractivity contribution in [3.8, 4) is 0 Å². The monoisotopic (exact) mass is 209 g/mol. The molecule has 1 amide bonds. The van der Waals surface area contributed by atoms with Crippen molar-refractivity contribution < 1.29 is 4.79 Å². The molecule has 0 heterocycles. The van der Waals surface area contributed by atoms with Crippen molar-refractivity contribution in [1.29, 1.82) is 0 Å². The van der Waals surface area contributed by atoms with E-state index >= 15 is 0 Å². The largest absolute Gasteiger partial charge is 0.325 e. The van der Waals surface area contributed by atoms with Crippen molar-refractivity contribution in [1.82, 2.24) is 0 Å². The predicted octanol–water partition coefficient (Wildman–Crippen LogP) is 2.60. The molecule has 0 unspecified atom stereocenters. The molecule has 1 N–H and O–H groups in total. The van der Waals surface area contributed by atoms with Crippen LogP contribution < -0.4 is 5.32 Å². The van der Waals surface area contributed by atoms with Gasteiger partial charge in [0.2, 0.25) is 5.91 Å². The van der Waals surface area contributed by atoms with Crippen LogP contribution in [0.25, 0.3) is 0 Å². The molecule has 0 bridgehead atoms. The first-order chi connectivity index (χ1) is 6.65. The van der Waals surface area contributed by atoms with Gasteiger partial charge in [0, 0.05) is 5.69 Å². The highest BCUT2D eigenvalue weighted by atomic mass is 32.2. The molecule has 0 fully saturated rings. The Kier molecular flexibility index (Phi) is 4.01. The molecular formula is C11H15NOS. The number of carbonyl (C=O) groups is 1. The Morgan fingerprint density at radius 2 is 2.14 bits per heavy atom. The summed E-state index contributed by atoms with van der Waals surface area (Å²) in [5.41, 5.74) is 3.26. The minimum absolute atomic E-state index is 0.0613. The Balaban J connectivity index is 2.76. The van der Waals surface area contributed by atoms with Crippen LogP contribution in [0.1, 0.15) is 11.1 Å². The quantitative estimate of drug-likeness (QED) is 0.829. The van der Waals surface area contributed by atoms with Crippen molar-refractivity contribution in [2.45, 2.75) is 13.8 Å². The molecule has 0 atom stereocenters. The van der Waals surface area contributed by atoms with E-state index in [1.54, 1.807) is 0 Å². The molecule has 0 aliphatic heterocycles. The third-order valence-electron chi connectivity index (χ3n) is 2.15. The molecular weight excluding hydrogens is 194 g/mol. The summed E-state index contributed by atoms with van der Waals surface area (Å²) in [7, 11) is 0. The maximum absolute atomic E-state index is 11.3. The second-order valence-corrected chi connectivity index (χ2v) is 4.09. The molecule has 0 aliphatic rings. The Labute approximate surface area is 89.1 Å². The van der Waals surface area contributed by atoms with Gasteiger partial charge < -0.3 is 5.32 Å². The molecule has 1 rings (SSSR count). The second-order valence-electron chi connectivity index (χ2n) is 3.23. The molecule has 0 radical (unpaired) electrons. The summed E-state index contributed by atoms with van der Waals surface area (Å²) in [6, 6.07) is 5.93. The van der Waals surface area contributed by atoms with Crippen LogP contribution in [0.15, 0.2) is 18.2 Å². The highest BCUT2D eigenvalue weighted by Crippen LogP contribution is 2.17. The number of anilines is 1. The maximum Gasteiger partial charge on any atom is 0.234 e. The third kappa shape index (κ3) is 2.77. The van der Waals surface area contributed by atoms with Gasteiger partial charge >= 0.3 is 0 Å². The highest BCUT2D eigenvalue weighted by molar-refractivity contribution is 7.99. The van der Waals surface area contributed by atoms with Gasteiger partial charge in [-0.3, -0.25) is 4.79 Å². The minimum Gasteiger partial charge on any atom is -0.325 e. The summed E-state index contributed by atoms with van der Waals surface area (Å²) in [6.07, 6.45) is 1.92. The van der Waals surface area contributed by atoms with E-state index in [0.29, 0.717) is 5.75 Å². The number of thioether (sulfide) groups is 1. The van der Waals surface area contributed by atoms with Crippen LogP contribution in [0.3, 0.4) is 0 Å². The van der Waals surface area contributed by atoms with Crippen molar-refractivity contribution in [2.24, 2.45) is 0 Å². The number of amides is 1. The number of nitrogens with one attached hydrogen (secondary N) is 1. The Morgan fingerprint density at radius 1 is 1.43 bits per heavy atom. The molecule has 1 aromatic rings. The first-order valence-electron chi connectivity index (χ1n) is 4.50. The fourth-order valence-corrected chi connectivity index (χ4v) is 1.54. The van der Waals surface area contributed by atoms with Crippen molar-refractivity contribution in [3.05, 3.63) is 29.3 Å². The van der Waals surface area contributed by atoms with Gasteiger partial charge in [-0.05, 0) is 37.3 Å². The van der Waals surface area contributed by atoms with E-state index in [-0.39, 0.29) is 5.91 Å². The first kappa shape index (κ1) is 11.1. The van der Waals surface area contributed by atoms with Crippen LogP contribution in [0.5, 0.6) is 0 Å². The Hall–Kier alpha value is -0.960. The smallest absolute Gasteiger partial charge is 0.234 e. The molecule has 0 aromatic heterocycles. The molecule has 2 nitrogen and oxygen atoms in total. The zero-order valence-electron chi connectivity index (χ0n) is 8.76. The fraction of sp³-hybridized carbons (Fsp3) is 0.364. The van der Waals surface area contributed by atoms with E-state index in [1.807, 2.05) is 38.3 Å². The fourth-order valence-electron chi connectivity index (χ4n) is 1.20. The number of carbonyl (C=O) groups excluding carboxylic acids is 1. The average Bonchev–Trinajstić information content (AvgIpc) is 2.13. The Bertz CT molecular complexity index is 336. The summed E-state index contributed by atoms with van der Waals surface area (Å²) in [6.45, 7) is 4.06. The van der Waals surface area contributed by atoms with Crippen LogP contribution in [-0.4, -0.2) is 17.9 Å². The number of hydrogen-bond acceptors (Lipinski definition) is 2. The van der Waals surface area contributed by atoms with E-state index in [1.165, 1.54) is 17.3 Å². The van der Waals surface area contributed by atoms with Crippen LogP contribution in [0, 0.1) is 13.8 Å². The van der Waals surface area contributed by atoms with Gasteiger partial charge in [0.25, 0.3) is 0 Å². The summed E-state index contributed by atoms with van der Waals surface area (Å²) in [5, 5.41) is 2.89. The summed E-state index contributed by atoms with van der Waals surface area (Å²) >= 11 is 1.53. The van der Waals surface area contributed by atoms with E-state index < -0.39 is 0 Å². The Morgan fingerprint density at radius 3 is 2.79 bits per heavy atom. The lowest BCUT2D eigenvalue weighted by Gasteiger charge is -2.09. The first-order valence-corrected chi connectivity index (χ1v) is 5.89. The van der Waals surface area contributed by atoms with Crippen molar-refractivity contribution >= 4 is 23.4 Å². The molecule has 1 aromatic carbocycles. The van der Waals surface area contributed by atoms with Crippen LogP contribution in [0.4, 0.5) is 5.69 Å². The van der Waals surface area contributed by atoms with E-state index in [0.717, 1.165) is 11.3 Å². The highest BCUT2D eigenvalue weighted by Gasteiger charge is 2.04. The lowest BCUT2D eigenvalue weighted by Crippen LogP contribution is -2.14. The van der Waals surface area contributed by atoms with Gasteiger partial charge in [0.05, 0.1) is 5.75 Å². The van der Waals surface area contributed by atoms with Gasteiger partial charge in [-0.25, -0.2) is 0 Å². The number of aryl methyl sites for hydroxylation is 1. The van der Waals surface area contributed by atoms with Crippen LogP contribution in [0.2, 0.25) is 0 Å². The summed E-state index contributed by atoms with van der Waals surface area (Å²) < 4.78 is 0. The molecule has 0 saturated carbocycles. The van der Waals surface area contributed by atoms with E-state index in [9.17, 15) is 4.79 Å². The molecule has 0 spiro atoms. The zero-order valence-corrected chi connectivity index (χ0v) is 9.57. The molecule has 0 aliphatic carbocycles. The lowest BCUT2D eigenvalue weighted by atomic mass is 10.1. The zero-order chi connectivity index (χ0) is 10.6. The van der Waals surface area contributed by atoms with Crippen molar-refractivity contribution in [2.75, 3.05) is 17.3 Å². The normalized spacial score (nSPS) is 9.93. The van der Waals surface area contributed by atoms with Crippen LogP contribution >= 0.6 is 11.8 Å². The van der Waals surface area contributed by atoms with Gasteiger partial charge in [-0.1, -0.05) is 12.1 Å². The van der Waals surface area contributed by atoms with Gasteiger partial charge in [0.1, 0.15) is 0 Å². The molecule has 3 heteroatoms. The molecule has 76 valence electrons.